The fraction of sp³-hybridized carbons (Fsp3) is 0.941. The monoisotopic (exact) mass is 454 g/mol. The second-order valence-electron chi connectivity index (χ2n) is 6.82. The molecule has 2 aliphatic heterocycles. The van der Waals surface area contributed by atoms with Gasteiger partial charge in [0.1, 0.15) is 0 Å². The van der Waals surface area contributed by atoms with Crippen LogP contribution in [0.15, 0.2) is 4.99 Å². The molecule has 2 unspecified atom stereocenters. The third-order valence-corrected chi connectivity index (χ3v) is 4.48. The van der Waals surface area contributed by atoms with Crippen LogP contribution in [-0.2, 0) is 9.47 Å². The van der Waals surface area contributed by atoms with E-state index in [2.05, 4.69) is 36.0 Å². The number of nitrogens with one attached hydrogen (secondary N) is 1. The number of guanidine groups is 1. The molecule has 0 amide bonds. The Morgan fingerprint density at radius 1 is 1.29 bits per heavy atom. The van der Waals surface area contributed by atoms with E-state index in [4.69, 9.17) is 14.5 Å². The molecule has 0 saturated carbocycles. The first-order valence-corrected chi connectivity index (χ1v) is 9.06. The Bertz CT molecular complexity index is 358. The van der Waals surface area contributed by atoms with Crippen molar-refractivity contribution < 1.29 is 9.47 Å². The van der Waals surface area contributed by atoms with Gasteiger partial charge in [0.05, 0.1) is 19.8 Å². The molecule has 2 fully saturated rings. The van der Waals surface area contributed by atoms with E-state index in [1.54, 1.807) is 0 Å². The van der Waals surface area contributed by atoms with E-state index in [1.165, 1.54) is 0 Å². The summed E-state index contributed by atoms with van der Waals surface area (Å²) in [4.78, 5) is 9.59. The summed E-state index contributed by atoms with van der Waals surface area (Å²) in [5.41, 5.74) is 0. The quantitative estimate of drug-likeness (QED) is 0.359. The number of ether oxygens (including phenoxy) is 2. The second-order valence-corrected chi connectivity index (χ2v) is 6.82. The van der Waals surface area contributed by atoms with Gasteiger partial charge in [-0.2, -0.15) is 0 Å². The number of halogens is 1. The summed E-state index contributed by atoms with van der Waals surface area (Å²) in [5, 5.41) is 3.42. The average Bonchev–Trinajstić information content (AvgIpc) is 3.05. The molecule has 0 aromatic heterocycles. The first kappa shape index (κ1) is 21.9. The lowest BCUT2D eigenvalue weighted by atomic mass is 10.1. The van der Waals surface area contributed by atoms with Gasteiger partial charge in [-0.3, -0.25) is 9.89 Å². The highest BCUT2D eigenvalue weighted by Crippen LogP contribution is 2.13. The standard InChI is InChI=1S/C17H34N4O2.HI/c1-4-18-17(20(3)13-16-5-8-23-14-16)19-11-15(2)12-21-6-9-22-10-7-21;/h15-16H,4-14H2,1-3H3,(H,18,19);1H. The minimum atomic E-state index is 0. The topological polar surface area (TPSA) is 49.3 Å². The third kappa shape index (κ3) is 7.84. The average molecular weight is 454 g/mol. The number of rotatable bonds is 7. The predicted molar refractivity (Wildman–Crippen MR) is 109 cm³/mol. The summed E-state index contributed by atoms with van der Waals surface area (Å²) in [5.74, 6) is 2.22. The zero-order valence-electron chi connectivity index (χ0n) is 15.5. The van der Waals surface area contributed by atoms with E-state index in [0.29, 0.717) is 11.8 Å². The van der Waals surface area contributed by atoms with Gasteiger partial charge in [0.25, 0.3) is 0 Å². The van der Waals surface area contributed by atoms with Gasteiger partial charge in [0, 0.05) is 58.8 Å². The molecule has 2 heterocycles. The normalized spacial score (nSPS) is 23.6. The van der Waals surface area contributed by atoms with Gasteiger partial charge in [-0.25, -0.2) is 0 Å². The van der Waals surface area contributed by atoms with Gasteiger partial charge in [-0.1, -0.05) is 6.92 Å². The highest BCUT2D eigenvalue weighted by molar-refractivity contribution is 14.0. The molecule has 2 rings (SSSR count). The van der Waals surface area contributed by atoms with Crippen LogP contribution in [0.5, 0.6) is 0 Å². The van der Waals surface area contributed by atoms with Gasteiger partial charge in [-0.15, -0.1) is 24.0 Å². The molecular formula is C17H35IN4O2. The molecular weight excluding hydrogens is 419 g/mol. The van der Waals surface area contributed by atoms with E-state index < -0.39 is 0 Å². The Morgan fingerprint density at radius 2 is 2.04 bits per heavy atom. The van der Waals surface area contributed by atoms with Crippen molar-refractivity contribution in [3.63, 3.8) is 0 Å². The summed E-state index contributed by atoms with van der Waals surface area (Å²) >= 11 is 0. The minimum Gasteiger partial charge on any atom is -0.381 e. The van der Waals surface area contributed by atoms with Crippen LogP contribution in [0.4, 0.5) is 0 Å². The first-order valence-electron chi connectivity index (χ1n) is 9.06. The zero-order chi connectivity index (χ0) is 16.5. The highest BCUT2D eigenvalue weighted by Gasteiger charge is 2.19. The number of nitrogens with zero attached hydrogens (tertiary/aromatic N) is 3. The predicted octanol–water partition coefficient (Wildman–Crippen LogP) is 1.51. The van der Waals surface area contributed by atoms with Crippen molar-refractivity contribution >= 4 is 29.9 Å². The molecule has 2 aliphatic rings. The fourth-order valence-electron chi connectivity index (χ4n) is 3.20. The van der Waals surface area contributed by atoms with Crippen molar-refractivity contribution in [3.8, 4) is 0 Å². The Balaban J connectivity index is 0.00000288. The largest absolute Gasteiger partial charge is 0.381 e. The molecule has 24 heavy (non-hydrogen) atoms. The van der Waals surface area contributed by atoms with Crippen molar-refractivity contribution in [2.45, 2.75) is 20.3 Å². The van der Waals surface area contributed by atoms with Gasteiger partial charge < -0.3 is 19.7 Å². The van der Waals surface area contributed by atoms with Crippen molar-refractivity contribution in [1.82, 2.24) is 15.1 Å². The Labute approximate surface area is 164 Å². The summed E-state index contributed by atoms with van der Waals surface area (Å²) < 4.78 is 10.9. The maximum absolute atomic E-state index is 5.48. The number of morpholine rings is 1. The molecule has 6 nitrogen and oxygen atoms in total. The van der Waals surface area contributed by atoms with Crippen LogP contribution in [0.3, 0.4) is 0 Å². The fourth-order valence-corrected chi connectivity index (χ4v) is 3.20. The molecule has 0 radical (unpaired) electrons. The number of hydrogen-bond acceptors (Lipinski definition) is 4. The summed E-state index contributed by atoms with van der Waals surface area (Å²) in [6.45, 7) is 13.9. The van der Waals surface area contributed by atoms with Gasteiger partial charge in [0.15, 0.2) is 5.96 Å². The van der Waals surface area contributed by atoms with Crippen molar-refractivity contribution in [2.75, 3.05) is 72.7 Å². The smallest absolute Gasteiger partial charge is 0.193 e. The molecule has 0 aliphatic carbocycles. The Morgan fingerprint density at radius 3 is 2.67 bits per heavy atom. The lowest BCUT2D eigenvalue weighted by Gasteiger charge is -2.29. The SMILES string of the molecule is CCNC(=NCC(C)CN1CCOCC1)N(C)CC1CCOC1.I. The van der Waals surface area contributed by atoms with Crippen LogP contribution >= 0.6 is 24.0 Å². The van der Waals surface area contributed by atoms with E-state index in [1.807, 2.05) is 0 Å². The van der Waals surface area contributed by atoms with Crippen LogP contribution in [0.1, 0.15) is 20.3 Å². The zero-order valence-corrected chi connectivity index (χ0v) is 17.8. The molecule has 142 valence electrons. The lowest BCUT2D eigenvalue weighted by Crippen LogP contribution is -2.42. The van der Waals surface area contributed by atoms with E-state index in [-0.39, 0.29) is 24.0 Å². The maximum Gasteiger partial charge on any atom is 0.193 e. The van der Waals surface area contributed by atoms with Gasteiger partial charge >= 0.3 is 0 Å². The third-order valence-electron chi connectivity index (χ3n) is 4.48. The van der Waals surface area contributed by atoms with Gasteiger partial charge in [-0.05, 0) is 19.3 Å². The van der Waals surface area contributed by atoms with Crippen molar-refractivity contribution in [2.24, 2.45) is 16.8 Å². The molecule has 2 atom stereocenters. The molecule has 0 aromatic carbocycles. The van der Waals surface area contributed by atoms with Crippen molar-refractivity contribution in [3.05, 3.63) is 0 Å². The summed E-state index contributed by atoms with van der Waals surface area (Å²) in [6, 6.07) is 0. The first-order chi connectivity index (χ1) is 11.2. The number of aliphatic imine (C=N–C) groups is 1. The van der Waals surface area contributed by atoms with Gasteiger partial charge in [0.2, 0.25) is 0 Å². The summed E-state index contributed by atoms with van der Waals surface area (Å²) in [7, 11) is 2.13. The van der Waals surface area contributed by atoms with Crippen molar-refractivity contribution in [1.29, 1.82) is 0 Å². The van der Waals surface area contributed by atoms with Crippen LogP contribution in [-0.4, -0.2) is 88.5 Å². The van der Waals surface area contributed by atoms with E-state index in [0.717, 1.165) is 78.1 Å². The summed E-state index contributed by atoms with van der Waals surface area (Å²) in [6.07, 6.45) is 1.16. The lowest BCUT2D eigenvalue weighted by molar-refractivity contribution is 0.0323. The highest BCUT2D eigenvalue weighted by atomic mass is 127. The molecule has 0 spiro atoms. The second kappa shape index (κ2) is 12.3. The number of hydrogen-bond donors (Lipinski definition) is 1. The molecule has 1 N–H and O–H groups in total. The van der Waals surface area contributed by atoms with E-state index in [9.17, 15) is 0 Å². The van der Waals surface area contributed by atoms with E-state index >= 15 is 0 Å². The van der Waals surface area contributed by atoms with Crippen LogP contribution in [0.25, 0.3) is 0 Å². The van der Waals surface area contributed by atoms with Crippen LogP contribution < -0.4 is 5.32 Å². The molecule has 7 heteroatoms. The molecule has 0 aromatic rings. The molecule has 0 bridgehead atoms. The van der Waals surface area contributed by atoms with Crippen LogP contribution in [0, 0.1) is 11.8 Å². The van der Waals surface area contributed by atoms with Crippen LogP contribution in [0.2, 0.25) is 0 Å². The Kier molecular flexibility index (Phi) is 11.2. The minimum absolute atomic E-state index is 0. The Hall–Kier alpha value is -0.120. The molecule has 2 saturated heterocycles. The maximum atomic E-state index is 5.48.